The summed E-state index contributed by atoms with van der Waals surface area (Å²) in [6.07, 6.45) is 3.41. The Labute approximate surface area is 173 Å². The van der Waals surface area contributed by atoms with Crippen LogP contribution in [0.25, 0.3) is 5.65 Å². The Morgan fingerprint density at radius 3 is 2.67 bits per heavy atom. The summed E-state index contributed by atoms with van der Waals surface area (Å²) >= 11 is 0. The van der Waals surface area contributed by atoms with Crippen LogP contribution in [0.5, 0.6) is 0 Å². The van der Waals surface area contributed by atoms with Gasteiger partial charge in [-0.1, -0.05) is 6.07 Å². The second kappa shape index (κ2) is 8.19. The van der Waals surface area contributed by atoms with E-state index in [1.54, 1.807) is 46.9 Å². The maximum atomic E-state index is 13.3. The lowest BCUT2D eigenvalue weighted by Crippen LogP contribution is -2.54. The van der Waals surface area contributed by atoms with Gasteiger partial charge < -0.3 is 10.2 Å². The first-order valence-corrected chi connectivity index (χ1v) is 9.84. The molecule has 1 aliphatic rings. The van der Waals surface area contributed by atoms with E-state index in [0.29, 0.717) is 48.8 Å². The maximum absolute atomic E-state index is 13.3. The van der Waals surface area contributed by atoms with Crippen molar-refractivity contribution in [2.75, 3.05) is 31.5 Å². The molecule has 4 rings (SSSR count). The minimum absolute atomic E-state index is 0.0993. The van der Waals surface area contributed by atoms with Gasteiger partial charge in [-0.05, 0) is 38.1 Å². The lowest BCUT2D eigenvalue weighted by atomic mass is 10.1. The second-order valence-corrected chi connectivity index (χ2v) is 7.35. The number of piperazine rings is 1. The first-order chi connectivity index (χ1) is 14.4. The fourth-order valence-electron chi connectivity index (χ4n) is 3.70. The first kappa shape index (κ1) is 20.0. The van der Waals surface area contributed by atoms with Crippen LogP contribution >= 0.6 is 0 Å². The highest BCUT2D eigenvalue weighted by molar-refractivity contribution is 6.01. The highest BCUT2D eigenvalue weighted by Gasteiger charge is 2.30. The molecule has 0 spiro atoms. The van der Waals surface area contributed by atoms with Gasteiger partial charge in [-0.2, -0.15) is 5.10 Å². The summed E-state index contributed by atoms with van der Waals surface area (Å²) in [6.45, 7) is 5.74. The lowest BCUT2D eigenvalue weighted by Gasteiger charge is -2.37. The number of rotatable bonds is 4. The molecule has 3 heterocycles. The molecular weight excluding hydrogens is 387 g/mol. The molecule has 1 saturated heterocycles. The highest BCUT2D eigenvalue weighted by atomic mass is 19.1. The molecule has 2 amide bonds. The molecule has 9 heteroatoms. The zero-order valence-electron chi connectivity index (χ0n) is 16.9. The smallest absolute Gasteiger partial charge is 0.259 e. The molecule has 2 aromatic heterocycles. The molecule has 3 aromatic rings. The van der Waals surface area contributed by atoms with E-state index in [4.69, 9.17) is 0 Å². The average molecular weight is 410 g/mol. The number of hydrogen-bond acceptors (Lipinski definition) is 5. The predicted octanol–water partition coefficient (Wildman–Crippen LogP) is 1.96. The van der Waals surface area contributed by atoms with Gasteiger partial charge in [0.2, 0.25) is 5.91 Å². The lowest BCUT2D eigenvalue weighted by molar-refractivity contribution is -0.121. The van der Waals surface area contributed by atoms with E-state index >= 15 is 0 Å². The Balaban J connectivity index is 1.39. The van der Waals surface area contributed by atoms with E-state index in [2.05, 4.69) is 15.4 Å². The van der Waals surface area contributed by atoms with E-state index < -0.39 is 11.9 Å². The summed E-state index contributed by atoms with van der Waals surface area (Å²) in [5.74, 6) is -0.703. The molecule has 0 saturated carbocycles. The van der Waals surface area contributed by atoms with Crippen LogP contribution in [0.4, 0.5) is 10.1 Å². The van der Waals surface area contributed by atoms with E-state index in [1.807, 2.05) is 11.8 Å². The Hall–Kier alpha value is -3.33. The Kier molecular flexibility index (Phi) is 5.45. The van der Waals surface area contributed by atoms with Crippen LogP contribution in [-0.2, 0) is 4.79 Å². The molecule has 1 fully saturated rings. The van der Waals surface area contributed by atoms with Gasteiger partial charge >= 0.3 is 0 Å². The second-order valence-electron chi connectivity index (χ2n) is 7.35. The largest absolute Gasteiger partial charge is 0.336 e. The summed E-state index contributed by atoms with van der Waals surface area (Å²) in [5.41, 5.74) is 2.13. The van der Waals surface area contributed by atoms with E-state index in [-0.39, 0.29) is 11.8 Å². The summed E-state index contributed by atoms with van der Waals surface area (Å²) in [6, 6.07) is 7.19. The van der Waals surface area contributed by atoms with Crippen molar-refractivity contribution in [1.29, 1.82) is 0 Å². The number of aryl methyl sites for hydroxylation is 1. The van der Waals surface area contributed by atoms with Gasteiger partial charge in [0.25, 0.3) is 5.91 Å². The van der Waals surface area contributed by atoms with Crippen molar-refractivity contribution >= 4 is 23.1 Å². The van der Waals surface area contributed by atoms with Crippen LogP contribution < -0.4 is 5.32 Å². The molecule has 8 nitrogen and oxygen atoms in total. The third-order valence-electron chi connectivity index (χ3n) is 5.40. The van der Waals surface area contributed by atoms with Crippen molar-refractivity contribution < 1.29 is 14.0 Å². The van der Waals surface area contributed by atoms with Gasteiger partial charge in [0.05, 0.1) is 11.7 Å². The fourth-order valence-corrected chi connectivity index (χ4v) is 3.70. The van der Waals surface area contributed by atoms with Crippen LogP contribution in [0.15, 0.2) is 42.7 Å². The molecular formula is C21H23FN6O2. The fraction of sp³-hybridized carbons (Fsp3) is 0.333. The zero-order valence-corrected chi connectivity index (χ0v) is 16.9. The van der Waals surface area contributed by atoms with Crippen molar-refractivity contribution in [3.8, 4) is 0 Å². The standard InChI is InChI=1S/C21H23FN6O2/c1-14-18(19-23-7-4-8-28(19)25-14)21(30)27-11-9-26(10-12-27)15(2)20(29)24-17-6-3-5-16(22)13-17/h3-8,13,15H,9-12H2,1-2H3,(H,24,29). The quantitative estimate of drug-likeness (QED) is 0.711. The topological polar surface area (TPSA) is 82.8 Å². The first-order valence-electron chi connectivity index (χ1n) is 9.84. The molecule has 0 bridgehead atoms. The van der Waals surface area contributed by atoms with Crippen molar-refractivity contribution in [3.05, 3.63) is 59.8 Å². The van der Waals surface area contributed by atoms with Gasteiger partial charge in [-0.15, -0.1) is 0 Å². The van der Waals surface area contributed by atoms with Gasteiger partial charge in [0.1, 0.15) is 11.4 Å². The number of carbonyl (C=O) groups excluding carboxylic acids is 2. The van der Waals surface area contributed by atoms with Gasteiger partial charge in [-0.3, -0.25) is 14.5 Å². The van der Waals surface area contributed by atoms with Crippen molar-refractivity contribution in [3.63, 3.8) is 0 Å². The number of carbonyl (C=O) groups is 2. The number of benzene rings is 1. The minimum Gasteiger partial charge on any atom is -0.336 e. The number of nitrogens with zero attached hydrogens (tertiary/aromatic N) is 5. The monoisotopic (exact) mass is 410 g/mol. The Morgan fingerprint density at radius 2 is 1.93 bits per heavy atom. The van der Waals surface area contributed by atoms with E-state index in [1.165, 1.54) is 12.1 Å². The number of halogens is 1. The van der Waals surface area contributed by atoms with Crippen molar-refractivity contribution in [2.45, 2.75) is 19.9 Å². The molecule has 1 aliphatic heterocycles. The summed E-state index contributed by atoms with van der Waals surface area (Å²) in [5, 5.41) is 7.10. The third kappa shape index (κ3) is 3.88. The minimum atomic E-state index is -0.398. The molecule has 1 aromatic carbocycles. The van der Waals surface area contributed by atoms with Crippen LogP contribution in [0.3, 0.4) is 0 Å². The van der Waals surface area contributed by atoms with Gasteiger partial charge in [0.15, 0.2) is 5.65 Å². The highest BCUT2D eigenvalue weighted by Crippen LogP contribution is 2.18. The summed E-state index contributed by atoms with van der Waals surface area (Å²) in [7, 11) is 0. The molecule has 30 heavy (non-hydrogen) atoms. The predicted molar refractivity (Wildman–Crippen MR) is 110 cm³/mol. The zero-order chi connectivity index (χ0) is 21.3. The van der Waals surface area contributed by atoms with E-state index in [0.717, 1.165) is 0 Å². The molecule has 156 valence electrons. The molecule has 0 aliphatic carbocycles. The van der Waals surface area contributed by atoms with Crippen LogP contribution in [-0.4, -0.2) is 68.4 Å². The number of hydrogen-bond donors (Lipinski definition) is 1. The number of amides is 2. The normalized spacial score (nSPS) is 15.9. The summed E-state index contributed by atoms with van der Waals surface area (Å²) < 4.78 is 14.9. The number of fused-ring (bicyclic) bond motifs is 1. The van der Waals surface area contributed by atoms with Gasteiger partial charge in [-0.25, -0.2) is 13.9 Å². The SMILES string of the molecule is Cc1nn2cccnc2c1C(=O)N1CCN(C(C)C(=O)Nc2cccc(F)c2)CC1. The third-order valence-corrected chi connectivity index (χ3v) is 5.40. The Bertz CT molecular complexity index is 1090. The average Bonchev–Trinajstić information content (AvgIpc) is 3.08. The number of nitrogens with one attached hydrogen (secondary N) is 1. The van der Waals surface area contributed by atoms with Gasteiger partial charge in [0, 0.05) is 44.3 Å². The molecule has 1 N–H and O–H groups in total. The number of anilines is 1. The van der Waals surface area contributed by atoms with Crippen LogP contribution in [0.1, 0.15) is 23.0 Å². The molecule has 1 atom stereocenters. The molecule has 0 radical (unpaired) electrons. The summed E-state index contributed by atoms with van der Waals surface area (Å²) in [4.78, 5) is 33.7. The van der Waals surface area contributed by atoms with E-state index in [9.17, 15) is 14.0 Å². The number of aromatic nitrogens is 3. The maximum Gasteiger partial charge on any atom is 0.259 e. The van der Waals surface area contributed by atoms with Crippen LogP contribution in [0, 0.1) is 12.7 Å². The molecule has 1 unspecified atom stereocenters. The Morgan fingerprint density at radius 1 is 1.17 bits per heavy atom. The van der Waals surface area contributed by atoms with Crippen molar-refractivity contribution in [2.24, 2.45) is 0 Å². The van der Waals surface area contributed by atoms with Crippen molar-refractivity contribution in [1.82, 2.24) is 24.4 Å². The van der Waals surface area contributed by atoms with Crippen LogP contribution in [0.2, 0.25) is 0 Å².